The molecule has 1 saturated carbocycles. The van der Waals surface area contributed by atoms with Gasteiger partial charge < -0.3 is 14.2 Å². The summed E-state index contributed by atoms with van der Waals surface area (Å²) >= 11 is 28.0. The summed E-state index contributed by atoms with van der Waals surface area (Å²) in [7, 11) is 0. The minimum atomic E-state index is -2.32. The zero-order chi connectivity index (χ0) is 41.7. The van der Waals surface area contributed by atoms with E-state index in [9.17, 15) is 9.59 Å². The van der Waals surface area contributed by atoms with E-state index < -0.39 is 17.5 Å². The van der Waals surface area contributed by atoms with Crippen LogP contribution in [0.4, 0.5) is 0 Å². The molecule has 0 spiro atoms. The van der Waals surface area contributed by atoms with Gasteiger partial charge >= 0.3 is 17.5 Å². The Morgan fingerprint density at radius 3 is 1.77 bits per heavy atom. The first kappa shape index (κ1) is 40.2. The largest absolute Gasteiger partial charge is 0.457 e. The SMILES string of the molecule is C=C/C=C1/C(=S)/C(=C/c2cc3sc4c(c3s2)OC(C(=O)OCc2ccccc2)(C(=O)OCc2ccccc2)c2cc(C=C3C(=S)c5ccccc5C3=S)sc2-4)C(=S)/C1=C/C. The van der Waals surface area contributed by atoms with Gasteiger partial charge in [-0.15, -0.1) is 34.0 Å². The van der Waals surface area contributed by atoms with Crippen molar-refractivity contribution in [2.45, 2.75) is 25.7 Å². The van der Waals surface area contributed by atoms with Crippen LogP contribution < -0.4 is 4.74 Å². The number of benzene rings is 3. The molecule has 4 heterocycles. The Hall–Kier alpha value is -5.18. The fourth-order valence-corrected chi connectivity index (χ4v) is 12.7. The smallest absolute Gasteiger partial charge is 0.367 e. The number of carbonyl (C=O) groups excluding carboxylic acids is 2. The lowest BCUT2D eigenvalue weighted by Crippen LogP contribution is -2.52. The summed E-state index contributed by atoms with van der Waals surface area (Å²) in [6.45, 7) is 5.61. The highest BCUT2D eigenvalue weighted by molar-refractivity contribution is 7.84. The summed E-state index contributed by atoms with van der Waals surface area (Å²) in [6.07, 6.45) is 9.48. The molecule has 0 bridgehead atoms. The molecular formula is C48H30O5S7. The molecule has 60 heavy (non-hydrogen) atoms. The highest BCUT2D eigenvalue weighted by Crippen LogP contribution is 2.58. The molecule has 0 atom stereocenters. The number of thiocarbonyl (C=S) groups is 4. The number of rotatable bonds is 9. The summed E-state index contributed by atoms with van der Waals surface area (Å²) in [5.74, 6) is -1.40. The number of hydrogen-bond donors (Lipinski definition) is 0. The summed E-state index contributed by atoms with van der Waals surface area (Å²) in [5.41, 5.74) is 4.56. The van der Waals surface area contributed by atoms with Gasteiger partial charge in [-0.2, -0.15) is 0 Å². The van der Waals surface area contributed by atoms with Gasteiger partial charge in [0.15, 0.2) is 5.75 Å². The van der Waals surface area contributed by atoms with Crippen molar-refractivity contribution < 1.29 is 23.8 Å². The highest BCUT2D eigenvalue weighted by Gasteiger charge is 2.59. The van der Waals surface area contributed by atoms with Crippen LogP contribution >= 0.6 is 82.9 Å². The third-order valence-electron chi connectivity index (χ3n) is 10.3. The normalized spacial score (nSPS) is 17.2. The van der Waals surface area contributed by atoms with Crippen LogP contribution in [0.5, 0.6) is 5.75 Å². The van der Waals surface area contributed by atoms with E-state index in [1.165, 1.54) is 34.0 Å². The van der Waals surface area contributed by atoms with Gasteiger partial charge in [-0.1, -0.05) is 159 Å². The predicted molar refractivity (Wildman–Crippen MR) is 261 cm³/mol. The number of hydrogen-bond acceptors (Lipinski definition) is 12. The van der Waals surface area contributed by atoms with Crippen LogP contribution in [0.1, 0.15) is 44.5 Å². The summed E-state index contributed by atoms with van der Waals surface area (Å²) in [5, 5.41) is 0. The van der Waals surface area contributed by atoms with Crippen molar-refractivity contribution in [2.75, 3.05) is 0 Å². The maximum Gasteiger partial charge on any atom is 0.367 e. The van der Waals surface area contributed by atoms with E-state index in [2.05, 4.69) is 12.6 Å². The molecule has 0 unspecified atom stereocenters. The van der Waals surface area contributed by atoms with Gasteiger partial charge in [0.25, 0.3) is 0 Å². The Morgan fingerprint density at radius 1 is 0.667 bits per heavy atom. The van der Waals surface area contributed by atoms with Gasteiger partial charge in [-0.05, 0) is 47.9 Å². The third-order valence-corrected chi connectivity index (χ3v) is 15.6. The molecule has 0 radical (unpaired) electrons. The molecular weight excluding hydrogens is 881 g/mol. The van der Waals surface area contributed by atoms with Gasteiger partial charge in [0, 0.05) is 43.2 Å². The van der Waals surface area contributed by atoms with Gasteiger partial charge in [0.1, 0.15) is 13.2 Å². The second kappa shape index (κ2) is 16.4. The van der Waals surface area contributed by atoms with Gasteiger partial charge in [0.05, 0.1) is 38.6 Å². The van der Waals surface area contributed by atoms with Crippen LogP contribution in [-0.4, -0.2) is 31.4 Å². The van der Waals surface area contributed by atoms with Crippen molar-refractivity contribution in [1.29, 1.82) is 0 Å². The standard InChI is InChI=1S/C48H30O5S7/c1-3-13-31-30(4-2)39(54)34(40(31)55)21-29-23-37-44(59-29)38-45(60-37)43-36(22-28(58-43)20-35-41(56)32-18-11-12-19-33(32)42(35)57)48(53-38,46(49)51-24-26-14-7-5-8-15-26)47(50)52-25-27-16-9-6-10-17-27/h3-23H,1,24-25H2,2H3/b30-4+,31-13+,34-21+. The number of esters is 2. The first-order valence-electron chi connectivity index (χ1n) is 18.7. The van der Waals surface area contributed by atoms with Crippen molar-refractivity contribution in [3.05, 3.63) is 182 Å². The zero-order valence-corrected chi connectivity index (χ0v) is 37.4. The number of allylic oxidation sites excluding steroid dienone is 7. The molecule has 1 aliphatic heterocycles. The van der Waals surface area contributed by atoms with E-state index in [0.29, 0.717) is 35.6 Å². The number of ether oxygens (including phenoxy) is 3. The monoisotopic (exact) mass is 910 g/mol. The van der Waals surface area contributed by atoms with Crippen LogP contribution in [-0.2, 0) is 37.9 Å². The average Bonchev–Trinajstić information content (AvgIpc) is 4.06. The lowest BCUT2D eigenvalue weighted by Gasteiger charge is -2.33. The Morgan fingerprint density at radius 2 is 1.20 bits per heavy atom. The fourth-order valence-electron chi connectivity index (χ4n) is 7.38. The van der Waals surface area contributed by atoms with Crippen molar-refractivity contribution >= 4 is 136 Å². The Labute approximate surface area is 379 Å². The molecule has 2 aliphatic carbocycles. The summed E-state index contributed by atoms with van der Waals surface area (Å²) in [6, 6.07) is 30.2. The molecule has 1 fully saturated rings. The van der Waals surface area contributed by atoms with Gasteiger partial charge in [0.2, 0.25) is 0 Å². The first-order valence-corrected chi connectivity index (χ1v) is 22.7. The molecule has 3 aliphatic rings. The van der Waals surface area contributed by atoms with Crippen LogP contribution in [0.15, 0.2) is 144 Å². The van der Waals surface area contributed by atoms with Crippen molar-refractivity contribution in [1.82, 2.24) is 0 Å². The van der Waals surface area contributed by atoms with Crippen molar-refractivity contribution in [3.63, 3.8) is 0 Å². The average molecular weight is 911 g/mol. The lowest BCUT2D eigenvalue weighted by molar-refractivity contribution is -0.183. The molecule has 6 aromatic rings. The quantitative estimate of drug-likeness (QED) is 0.0611. The zero-order valence-electron chi connectivity index (χ0n) is 31.6. The molecule has 3 aromatic carbocycles. The molecule has 9 rings (SSSR count). The number of carbonyl (C=O) groups is 2. The molecule has 12 heteroatoms. The van der Waals surface area contributed by atoms with Crippen molar-refractivity contribution in [3.8, 4) is 15.5 Å². The fraction of sp³-hybridized carbons (Fsp3) is 0.0833. The first-order chi connectivity index (χ1) is 29.1. The highest BCUT2D eigenvalue weighted by atomic mass is 32.1. The Bertz CT molecular complexity index is 2900. The minimum absolute atomic E-state index is 0.0904. The van der Waals surface area contributed by atoms with Crippen LogP contribution in [0.2, 0.25) is 0 Å². The Balaban J connectivity index is 1.20. The van der Waals surface area contributed by atoms with E-state index in [1.807, 2.05) is 116 Å². The van der Waals surface area contributed by atoms with Gasteiger partial charge in [-0.25, -0.2) is 9.59 Å². The molecule has 0 N–H and O–H groups in total. The molecule has 5 nitrogen and oxygen atoms in total. The van der Waals surface area contributed by atoms with E-state index in [0.717, 1.165) is 68.6 Å². The molecule has 0 amide bonds. The van der Waals surface area contributed by atoms with Crippen LogP contribution in [0, 0.1) is 0 Å². The molecule has 0 saturated heterocycles. The maximum atomic E-state index is 14.9. The number of thiophene rings is 3. The predicted octanol–water partition coefficient (Wildman–Crippen LogP) is 12.5. The summed E-state index contributed by atoms with van der Waals surface area (Å²) < 4.78 is 20.6. The van der Waals surface area contributed by atoms with E-state index in [4.69, 9.17) is 63.1 Å². The van der Waals surface area contributed by atoms with E-state index in [1.54, 1.807) is 12.1 Å². The van der Waals surface area contributed by atoms with Crippen molar-refractivity contribution in [2.24, 2.45) is 0 Å². The topological polar surface area (TPSA) is 61.8 Å². The third kappa shape index (κ3) is 6.86. The van der Waals surface area contributed by atoms with E-state index >= 15 is 0 Å². The second-order valence-electron chi connectivity index (χ2n) is 13.9. The molecule has 294 valence electrons. The summed E-state index contributed by atoms with van der Waals surface area (Å²) in [4.78, 5) is 35.4. The van der Waals surface area contributed by atoms with E-state index in [-0.39, 0.29) is 13.2 Å². The minimum Gasteiger partial charge on any atom is -0.457 e. The van der Waals surface area contributed by atoms with Crippen LogP contribution in [0.25, 0.3) is 31.3 Å². The lowest BCUT2D eigenvalue weighted by atomic mass is 9.90. The second-order valence-corrected chi connectivity index (χ2v) is 18.7. The Kier molecular flexibility index (Phi) is 11.0. The van der Waals surface area contributed by atoms with Gasteiger partial charge in [-0.3, -0.25) is 0 Å². The molecule has 3 aromatic heterocycles. The van der Waals surface area contributed by atoms with Crippen LogP contribution in [0.3, 0.4) is 0 Å². The number of fused-ring (bicyclic) bond motifs is 6. The maximum absolute atomic E-state index is 14.9.